The lowest BCUT2D eigenvalue weighted by molar-refractivity contribution is -0.115. The van der Waals surface area contributed by atoms with Gasteiger partial charge in [0.15, 0.2) is 5.16 Å². The summed E-state index contributed by atoms with van der Waals surface area (Å²) < 4.78 is 1.56. The molecule has 4 rings (SSSR count). The molecule has 3 aromatic carbocycles. The zero-order valence-electron chi connectivity index (χ0n) is 16.8. The maximum absolute atomic E-state index is 13.3. The van der Waals surface area contributed by atoms with Crippen LogP contribution in [0.15, 0.2) is 108 Å². The van der Waals surface area contributed by atoms with E-state index in [1.165, 1.54) is 11.8 Å². The Morgan fingerprint density at radius 1 is 0.935 bits per heavy atom. The second-order valence-corrected chi connectivity index (χ2v) is 7.75. The van der Waals surface area contributed by atoms with Crippen molar-refractivity contribution < 1.29 is 4.79 Å². The van der Waals surface area contributed by atoms with Crippen molar-refractivity contribution in [1.82, 2.24) is 9.55 Å². The van der Waals surface area contributed by atoms with Crippen LogP contribution < -0.4 is 10.5 Å². The van der Waals surface area contributed by atoms with Crippen molar-refractivity contribution in [2.24, 2.45) is 0 Å². The summed E-state index contributed by atoms with van der Waals surface area (Å²) in [6.45, 7) is 4.08. The van der Waals surface area contributed by atoms with Gasteiger partial charge in [-0.2, -0.15) is 0 Å². The minimum absolute atomic E-state index is 0.102. The van der Waals surface area contributed by atoms with Gasteiger partial charge in [0, 0.05) is 17.9 Å². The van der Waals surface area contributed by atoms with Crippen molar-refractivity contribution in [2.75, 3.05) is 10.7 Å². The molecule has 5 nitrogen and oxygen atoms in total. The first-order valence-corrected chi connectivity index (χ1v) is 10.8. The monoisotopic (exact) mass is 427 g/mol. The number of nitrogens with zero attached hydrogens (tertiary/aromatic N) is 3. The molecule has 0 N–H and O–H groups in total. The Balaban J connectivity index is 1.67. The molecule has 1 aromatic heterocycles. The number of thioether (sulfide) groups is 1. The van der Waals surface area contributed by atoms with E-state index in [1.54, 1.807) is 27.7 Å². The van der Waals surface area contributed by atoms with Crippen LogP contribution in [-0.2, 0) is 11.3 Å². The van der Waals surface area contributed by atoms with Crippen LogP contribution in [0.3, 0.4) is 0 Å². The topological polar surface area (TPSA) is 55.2 Å². The smallest absolute Gasteiger partial charge is 0.262 e. The van der Waals surface area contributed by atoms with Gasteiger partial charge in [0.1, 0.15) is 0 Å². The number of hydrogen-bond donors (Lipinski definition) is 0. The van der Waals surface area contributed by atoms with E-state index in [-0.39, 0.29) is 17.2 Å². The Kier molecular flexibility index (Phi) is 6.29. The second-order valence-electron chi connectivity index (χ2n) is 6.80. The van der Waals surface area contributed by atoms with E-state index in [2.05, 4.69) is 11.6 Å². The average molecular weight is 428 g/mol. The van der Waals surface area contributed by atoms with Gasteiger partial charge in [-0.1, -0.05) is 66.4 Å². The molecule has 0 saturated carbocycles. The summed E-state index contributed by atoms with van der Waals surface area (Å²) in [6.07, 6.45) is 1.66. The summed E-state index contributed by atoms with van der Waals surface area (Å²) >= 11 is 1.25. The molecule has 0 unspecified atom stereocenters. The first-order chi connectivity index (χ1) is 15.2. The SMILES string of the molecule is C=CCn1c(SCC(=O)N(c2ccccc2)c2ccccc2)nc2ccccc2c1=O. The average Bonchev–Trinajstić information content (AvgIpc) is 2.81. The number of aromatic nitrogens is 2. The van der Waals surface area contributed by atoms with Crippen LogP contribution in [0.2, 0.25) is 0 Å². The lowest BCUT2D eigenvalue weighted by Crippen LogP contribution is -2.28. The van der Waals surface area contributed by atoms with Crippen LogP contribution in [-0.4, -0.2) is 21.2 Å². The summed E-state index contributed by atoms with van der Waals surface area (Å²) in [6, 6.07) is 26.3. The Bertz CT molecular complexity index is 1230. The minimum atomic E-state index is -0.136. The van der Waals surface area contributed by atoms with E-state index in [4.69, 9.17) is 0 Å². The molecule has 0 fully saturated rings. The van der Waals surface area contributed by atoms with E-state index in [0.717, 1.165) is 11.4 Å². The number of benzene rings is 3. The predicted octanol–water partition coefficient (Wildman–Crippen LogP) is 5.04. The van der Waals surface area contributed by atoms with Crippen molar-refractivity contribution in [2.45, 2.75) is 11.7 Å². The number of para-hydroxylation sites is 3. The number of hydrogen-bond acceptors (Lipinski definition) is 4. The lowest BCUT2D eigenvalue weighted by Gasteiger charge is -2.23. The zero-order valence-corrected chi connectivity index (χ0v) is 17.7. The molecular weight excluding hydrogens is 406 g/mol. The third kappa shape index (κ3) is 4.44. The highest BCUT2D eigenvalue weighted by Crippen LogP contribution is 2.27. The van der Waals surface area contributed by atoms with Gasteiger partial charge in [-0.05, 0) is 36.4 Å². The molecule has 0 aliphatic carbocycles. The van der Waals surface area contributed by atoms with Crippen LogP contribution in [0.4, 0.5) is 11.4 Å². The second kappa shape index (κ2) is 9.45. The zero-order chi connectivity index (χ0) is 21.6. The highest BCUT2D eigenvalue weighted by atomic mass is 32.2. The number of rotatable bonds is 7. The van der Waals surface area contributed by atoms with Crippen molar-refractivity contribution in [3.8, 4) is 0 Å². The van der Waals surface area contributed by atoms with Gasteiger partial charge in [-0.3, -0.25) is 19.1 Å². The molecule has 1 heterocycles. The van der Waals surface area contributed by atoms with E-state index in [1.807, 2.05) is 72.8 Å². The Morgan fingerprint density at radius 3 is 2.13 bits per heavy atom. The van der Waals surface area contributed by atoms with Crippen LogP contribution in [0.5, 0.6) is 0 Å². The van der Waals surface area contributed by atoms with Gasteiger partial charge < -0.3 is 0 Å². The Labute approximate surface area is 184 Å². The fourth-order valence-electron chi connectivity index (χ4n) is 3.33. The lowest BCUT2D eigenvalue weighted by atomic mass is 10.2. The summed E-state index contributed by atoms with van der Waals surface area (Å²) in [5.41, 5.74) is 2.05. The quantitative estimate of drug-likeness (QED) is 0.236. The highest BCUT2D eigenvalue weighted by Gasteiger charge is 2.19. The first-order valence-electron chi connectivity index (χ1n) is 9.85. The third-order valence-electron chi connectivity index (χ3n) is 4.74. The molecule has 1 amide bonds. The molecule has 0 spiro atoms. The fraction of sp³-hybridized carbons (Fsp3) is 0.0800. The van der Waals surface area contributed by atoms with E-state index < -0.39 is 0 Å². The van der Waals surface area contributed by atoms with Crippen LogP contribution >= 0.6 is 11.8 Å². The number of fused-ring (bicyclic) bond motifs is 1. The highest BCUT2D eigenvalue weighted by molar-refractivity contribution is 7.99. The van der Waals surface area contributed by atoms with Crippen LogP contribution in [0.25, 0.3) is 10.9 Å². The number of carbonyl (C=O) groups excluding carboxylic acids is 1. The number of amides is 1. The minimum Gasteiger partial charge on any atom is -0.283 e. The Morgan fingerprint density at radius 2 is 1.52 bits per heavy atom. The van der Waals surface area contributed by atoms with Crippen molar-refractivity contribution >= 4 is 39.9 Å². The molecule has 0 aliphatic heterocycles. The molecule has 0 atom stereocenters. The van der Waals surface area contributed by atoms with E-state index >= 15 is 0 Å². The normalized spacial score (nSPS) is 10.7. The van der Waals surface area contributed by atoms with Crippen LogP contribution in [0.1, 0.15) is 0 Å². The molecule has 154 valence electrons. The first kappa shape index (κ1) is 20.6. The van der Waals surface area contributed by atoms with Gasteiger partial charge in [0.05, 0.1) is 16.7 Å². The summed E-state index contributed by atoms with van der Waals surface area (Å²) in [4.78, 5) is 32.6. The summed E-state index contributed by atoms with van der Waals surface area (Å²) in [5.74, 6) is 0.0288. The van der Waals surface area contributed by atoms with Crippen molar-refractivity contribution in [3.05, 3.63) is 108 Å². The molecule has 0 aliphatic rings. The largest absolute Gasteiger partial charge is 0.283 e. The van der Waals surface area contributed by atoms with Crippen molar-refractivity contribution in [1.29, 1.82) is 0 Å². The van der Waals surface area contributed by atoms with Gasteiger partial charge in [0.2, 0.25) is 5.91 Å². The predicted molar refractivity (Wildman–Crippen MR) is 127 cm³/mol. The van der Waals surface area contributed by atoms with Gasteiger partial charge >= 0.3 is 0 Å². The van der Waals surface area contributed by atoms with E-state index in [9.17, 15) is 9.59 Å². The van der Waals surface area contributed by atoms with Gasteiger partial charge in [-0.15, -0.1) is 6.58 Å². The Hall–Kier alpha value is -3.64. The summed E-state index contributed by atoms with van der Waals surface area (Å²) in [7, 11) is 0. The maximum Gasteiger partial charge on any atom is 0.262 e. The molecule has 4 aromatic rings. The molecule has 0 bridgehead atoms. The maximum atomic E-state index is 13.3. The molecule has 31 heavy (non-hydrogen) atoms. The van der Waals surface area contributed by atoms with Gasteiger partial charge in [0.25, 0.3) is 5.56 Å². The molecule has 0 saturated heterocycles. The van der Waals surface area contributed by atoms with Crippen LogP contribution in [0, 0.1) is 0 Å². The van der Waals surface area contributed by atoms with Crippen molar-refractivity contribution in [3.63, 3.8) is 0 Å². The molecule has 6 heteroatoms. The number of carbonyl (C=O) groups is 1. The summed E-state index contributed by atoms with van der Waals surface area (Å²) in [5, 5.41) is 1.05. The third-order valence-corrected chi connectivity index (χ3v) is 5.70. The standard InChI is InChI=1S/C25H21N3O2S/c1-2-17-27-24(30)21-15-9-10-16-22(21)26-25(27)31-18-23(29)28(19-11-5-3-6-12-19)20-13-7-4-8-14-20/h2-16H,1,17-18H2. The molecular formula is C25H21N3O2S. The van der Waals surface area contributed by atoms with Gasteiger partial charge in [-0.25, -0.2) is 4.98 Å². The number of allylic oxidation sites excluding steroid dienone is 1. The van der Waals surface area contributed by atoms with E-state index in [0.29, 0.717) is 22.6 Å². The number of anilines is 2. The fourth-order valence-corrected chi connectivity index (χ4v) is 4.19. The molecule has 0 radical (unpaired) electrons.